The Morgan fingerprint density at radius 2 is 1.78 bits per heavy atom. The fourth-order valence-electron chi connectivity index (χ4n) is 1.81. The van der Waals surface area contributed by atoms with Crippen molar-refractivity contribution in [2.45, 2.75) is 47.0 Å². The highest BCUT2D eigenvalue weighted by atomic mass is 16.4. The average Bonchev–Trinajstić information content (AvgIpc) is 2.29. The minimum atomic E-state index is -0.253. The maximum Gasteiger partial charge on any atom is 0.336 e. The summed E-state index contributed by atoms with van der Waals surface area (Å²) in [4.78, 5) is 11.3. The minimum absolute atomic E-state index is 0.253. The first-order chi connectivity index (χ1) is 8.62. The van der Waals surface area contributed by atoms with Gasteiger partial charge in [0.15, 0.2) is 0 Å². The van der Waals surface area contributed by atoms with E-state index in [9.17, 15) is 4.79 Å². The van der Waals surface area contributed by atoms with Crippen LogP contribution in [-0.4, -0.2) is 0 Å². The number of fused-ring (bicyclic) bond motifs is 1. The maximum atomic E-state index is 11.3. The van der Waals surface area contributed by atoms with E-state index in [0.717, 1.165) is 29.4 Å². The van der Waals surface area contributed by atoms with Crippen molar-refractivity contribution in [1.29, 1.82) is 0 Å². The molecule has 2 aromatic rings. The summed E-state index contributed by atoms with van der Waals surface area (Å²) in [5.41, 5.74) is 2.64. The van der Waals surface area contributed by atoms with Gasteiger partial charge in [0.2, 0.25) is 0 Å². The van der Waals surface area contributed by atoms with Crippen molar-refractivity contribution in [2.75, 3.05) is 0 Å². The van der Waals surface area contributed by atoms with Crippen LogP contribution in [0.1, 0.15) is 44.7 Å². The molecule has 0 unspecified atom stereocenters. The van der Waals surface area contributed by atoms with Crippen molar-refractivity contribution in [3.05, 3.63) is 45.8 Å². The van der Waals surface area contributed by atoms with Gasteiger partial charge in [-0.1, -0.05) is 45.7 Å². The summed E-state index contributed by atoms with van der Waals surface area (Å²) in [6.07, 6.45) is 3.21. The third kappa shape index (κ3) is 3.73. The number of aryl methyl sites for hydroxylation is 2. The van der Waals surface area contributed by atoms with Crippen LogP contribution in [0.3, 0.4) is 0 Å². The van der Waals surface area contributed by atoms with Crippen LogP contribution < -0.4 is 5.63 Å². The molecule has 0 aliphatic carbocycles. The summed E-state index contributed by atoms with van der Waals surface area (Å²) in [5.74, 6) is 0. The van der Waals surface area contributed by atoms with Gasteiger partial charge < -0.3 is 4.42 Å². The lowest BCUT2D eigenvalue weighted by Gasteiger charge is -2.04. The van der Waals surface area contributed by atoms with Crippen molar-refractivity contribution in [3.63, 3.8) is 0 Å². The van der Waals surface area contributed by atoms with Gasteiger partial charge in [0.25, 0.3) is 0 Å². The average molecular weight is 246 g/mol. The zero-order valence-corrected chi connectivity index (χ0v) is 11.7. The summed E-state index contributed by atoms with van der Waals surface area (Å²) in [6, 6.07) is 7.58. The Morgan fingerprint density at radius 1 is 1.11 bits per heavy atom. The van der Waals surface area contributed by atoms with Crippen LogP contribution in [0.25, 0.3) is 11.0 Å². The quantitative estimate of drug-likeness (QED) is 0.732. The highest BCUT2D eigenvalue weighted by molar-refractivity contribution is 5.80. The first kappa shape index (κ1) is 14.5. The van der Waals surface area contributed by atoms with E-state index in [1.165, 1.54) is 6.42 Å². The van der Waals surface area contributed by atoms with Gasteiger partial charge in [-0.3, -0.25) is 0 Å². The summed E-state index contributed by atoms with van der Waals surface area (Å²) >= 11 is 0. The molecule has 2 heteroatoms. The smallest absolute Gasteiger partial charge is 0.336 e. The summed E-state index contributed by atoms with van der Waals surface area (Å²) in [7, 11) is 0. The molecule has 1 aromatic carbocycles. The molecule has 98 valence electrons. The maximum absolute atomic E-state index is 11.3. The van der Waals surface area contributed by atoms with Crippen LogP contribution in [0.4, 0.5) is 0 Å². The fourth-order valence-corrected chi connectivity index (χ4v) is 1.81. The lowest BCUT2D eigenvalue weighted by Crippen LogP contribution is -2.00. The molecule has 0 fully saturated rings. The second-order valence-corrected chi connectivity index (χ2v) is 4.55. The molecule has 0 aliphatic heterocycles. The highest BCUT2D eigenvalue weighted by Gasteiger charge is 2.04. The number of hydrogen-bond acceptors (Lipinski definition) is 2. The van der Waals surface area contributed by atoms with Gasteiger partial charge in [-0.15, -0.1) is 0 Å². The van der Waals surface area contributed by atoms with Gasteiger partial charge in [0.1, 0.15) is 5.58 Å². The van der Waals surface area contributed by atoms with Crippen LogP contribution >= 0.6 is 0 Å². The fraction of sp³-hybridized carbons (Fsp3) is 0.438. The second-order valence-electron chi connectivity index (χ2n) is 4.55. The molecule has 18 heavy (non-hydrogen) atoms. The van der Waals surface area contributed by atoms with E-state index in [1.54, 1.807) is 6.07 Å². The lowest BCUT2D eigenvalue weighted by molar-refractivity contribution is 0.558. The second kappa shape index (κ2) is 7.00. The third-order valence-electron chi connectivity index (χ3n) is 2.51. The summed E-state index contributed by atoms with van der Waals surface area (Å²) in [5, 5.41) is 1.06. The predicted octanol–water partition coefficient (Wildman–Crippen LogP) is 4.47. The molecule has 1 aromatic heterocycles. The Bertz CT molecular complexity index is 553. The minimum Gasteiger partial charge on any atom is -0.423 e. The van der Waals surface area contributed by atoms with Gasteiger partial charge in [-0.25, -0.2) is 4.79 Å². The third-order valence-corrected chi connectivity index (χ3v) is 2.51. The number of rotatable bonds is 2. The topological polar surface area (TPSA) is 30.2 Å². The molecular formula is C16H22O2. The van der Waals surface area contributed by atoms with Crippen molar-refractivity contribution in [2.24, 2.45) is 0 Å². The van der Waals surface area contributed by atoms with E-state index in [1.807, 2.05) is 25.1 Å². The van der Waals surface area contributed by atoms with Crippen LogP contribution in [0.5, 0.6) is 0 Å². The van der Waals surface area contributed by atoms with Crippen molar-refractivity contribution < 1.29 is 4.42 Å². The molecule has 0 amide bonds. The van der Waals surface area contributed by atoms with Crippen molar-refractivity contribution in [1.82, 2.24) is 0 Å². The molecule has 2 rings (SSSR count). The normalized spacial score (nSPS) is 10.0. The predicted molar refractivity (Wildman–Crippen MR) is 77.2 cm³/mol. The Kier molecular flexibility index (Phi) is 5.63. The van der Waals surface area contributed by atoms with Crippen molar-refractivity contribution >= 4 is 11.0 Å². The van der Waals surface area contributed by atoms with Gasteiger partial charge in [-0.2, -0.15) is 0 Å². The zero-order chi connectivity index (χ0) is 13.5. The number of hydrogen-bond donors (Lipinski definition) is 0. The van der Waals surface area contributed by atoms with E-state index in [2.05, 4.69) is 20.8 Å². The molecule has 1 heterocycles. The molecule has 0 N–H and O–H groups in total. The molecule has 0 spiro atoms. The summed E-state index contributed by atoms with van der Waals surface area (Å²) < 4.78 is 5.17. The Hall–Kier alpha value is -1.57. The van der Waals surface area contributed by atoms with E-state index < -0.39 is 0 Å². The SMILES string of the molecule is CCC.CCCc1cc(=O)oc2cc(C)ccc12. The zero-order valence-electron chi connectivity index (χ0n) is 11.7. The monoisotopic (exact) mass is 246 g/mol. The standard InChI is InChI=1S/C13H14O2.C3H8/c1-3-4-10-8-13(14)15-12-7-9(2)5-6-11(10)12;1-3-2/h5-8H,3-4H2,1-2H3;3H2,1-2H3. The molecule has 0 bridgehead atoms. The van der Waals surface area contributed by atoms with Crippen LogP contribution in [0.15, 0.2) is 33.5 Å². The van der Waals surface area contributed by atoms with E-state index in [0.29, 0.717) is 5.58 Å². The first-order valence-electron chi connectivity index (χ1n) is 6.65. The molecule has 0 atom stereocenters. The lowest BCUT2D eigenvalue weighted by atomic mass is 10.0. The van der Waals surface area contributed by atoms with Gasteiger partial charge in [0, 0.05) is 11.5 Å². The van der Waals surface area contributed by atoms with Crippen molar-refractivity contribution in [3.8, 4) is 0 Å². The van der Waals surface area contributed by atoms with Crippen LogP contribution in [0.2, 0.25) is 0 Å². The van der Waals surface area contributed by atoms with E-state index >= 15 is 0 Å². The van der Waals surface area contributed by atoms with Crippen LogP contribution in [-0.2, 0) is 6.42 Å². The first-order valence-corrected chi connectivity index (χ1v) is 6.65. The Labute approximate surface area is 109 Å². The molecule has 0 saturated carbocycles. The molecule has 0 radical (unpaired) electrons. The van der Waals surface area contributed by atoms with E-state index in [4.69, 9.17) is 4.42 Å². The molecule has 2 nitrogen and oxygen atoms in total. The number of benzene rings is 1. The molecule has 0 aliphatic rings. The van der Waals surface area contributed by atoms with E-state index in [-0.39, 0.29) is 5.63 Å². The molecular weight excluding hydrogens is 224 g/mol. The molecule has 0 saturated heterocycles. The van der Waals surface area contributed by atoms with Gasteiger partial charge >= 0.3 is 5.63 Å². The highest BCUT2D eigenvalue weighted by Crippen LogP contribution is 2.19. The Morgan fingerprint density at radius 3 is 2.39 bits per heavy atom. The van der Waals surface area contributed by atoms with Gasteiger partial charge in [0.05, 0.1) is 0 Å². The largest absolute Gasteiger partial charge is 0.423 e. The summed E-state index contributed by atoms with van der Waals surface area (Å²) in [6.45, 7) is 8.35. The van der Waals surface area contributed by atoms with Gasteiger partial charge in [-0.05, 0) is 30.5 Å². The van der Waals surface area contributed by atoms with Crippen LogP contribution in [0, 0.1) is 6.92 Å². The Balaban J connectivity index is 0.000000492.